The molecule has 0 saturated carbocycles. The van der Waals surface area contributed by atoms with Crippen LogP contribution < -0.4 is 10.6 Å². The highest BCUT2D eigenvalue weighted by molar-refractivity contribution is 9.10. The molecule has 0 atom stereocenters. The number of aryl methyl sites for hydroxylation is 1. The van der Waals surface area contributed by atoms with Crippen LogP contribution in [0.5, 0.6) is 0 Å². The molecule has 2 amide bonds. The lowest BCUT2D eigenvalue weighted by Gasteiger charge is -2.14. The van der Waals surface area contributed by atoms with E-state index in [-0.39, 0.29) is 22.9 Å². The Bertz CT molecular complexity index is 990. The van der Waals surface area contributed by atoms with E-state index in [9.17, 15) is 18.0 Å². The van der Waals surface area contributed by atoms with Gasteiger partial charge in [-0.1, -0.05) is 25.1 Å². The zero-order valence-electron chi connectivity index (χ0n) is 15.8. The maximum Gasteiger partial charge on any atom is 0.251 e. The van der Waals surface area contributed by atoms with Crippen molar-refractivity contribution in [3.8, 4) is 0 Å². The van der Waals surface area contributed by atoms with Crippen LogP contribution in [0.1, 0.15) is 22.8 Å². The van der Waals surface area contributed by atoms with E-state index in [1.807, 2.05) is 25.1 Å². The summed E-state index contributed by atoms with van der Waals surface area (Å²) in [6.45, 7) is 1.75. The lowest BCUT2D eigenvalue weighted by Crippen LogP contribution is -2.33. The first-order valence-corrected chi connectivity index (χ1v) is 10.8. The van der Waals surface area contributed by atoms with Crippen molar-refractivity contribution < 1.29 is 18.0 Å². The van der Waals surface area contributed by atoms with E-state index < -0.39 is 15.9 Å². The second-order valence-corrected chi connectivity index (χ2v) is 9.15. The second-order valence-electron chi connectivity index (χ2n) is 6.17. The number of sulfonamides is 1. The highest BCUT2D eigenvalue weighted by atomic mass is 79.9. The van der Waals surface area contributed by atoms with Crippen molar-refractivity contribution in [2.45, 2.75) is 18.2 Å². The molecule has 0 aliphatic carbocycles. The molecule has 0 radical (unpaired) electrons. The van der Waals surface area contributed by atoms with Crippen LogP contribution in [0.25, 0.3) is 0 Å². The number of halogens is 1. The fourth-order valence-corrected chi connectivity index (χ4v) is 4.29. The van der Waals surface area contributed by atoms with E-state index in [1.165, 1.54) is 32.3 Å². The van der Waals surface area contributed by atoms with E-state index in [0.717, 1.165) is 16.3 Å². The van der Waals surface area contributed by atoms with Crippen molar-refractivity contribution in [1.82, 2.24) is 9.62 Å². The topological polar surface area (TPSA) is 95.6 Å². The Morgan fingerprint density at radius 1 is 1.11 bits per heavy atom. The molecule has 2 aromatic carbocycles. The van der Waals surface area contributed by atoms with Crippen LogP contribution in [-0.2, 0) is 21.2 Å². The smallest absolute Gasteiger partial charge is 0.251 e. The minimum atomic E-state index is -3.72. The van der Waals surface area contributed by atoms with Crippen LogP contribution in [0.4, 0.5) is 5.69 Å². The number of nitrogens with zero attached hydrogens (tertiary/aromatic N) is 1. The lowest BCUT2D eigenvalue weighted by molar-refractivity contribution is -0.115. The number of amides is 2. The van der Waals surface area contributed by atoms with Gasteiger partial charge in [0.2, 0.25) is 15.9 Å². The van der Waals surface area contributed by atoms with Crippen molar-refractivity contribution in [3.63, 3.8) is 0 Å². The maximum atomic E-state index is 12.4. The van der Waals surface area contributed by atoms with E-state index in [1.54, 1.807) is 6.07 Å². The summed E-state index contributed by atoms with van der Waals surface area (Å²) in [6.07, 6.45) is 0.769. The Morgan fingerprint density at radius 3 is 2.43 bits per heavy atom. The fraction of sp³-hybridized carbons (Fsp3) is 0.263. The monoisotopic (exact) mass is 467 g/mol. The second kappa shape index (κ2) is 9.31. The number of para-hydroxylation sites is 1. The van der Waals surface area contributed by atoms with Gasteiger partial charge in [0.1, 0.15) is 0 Å². The van der Waals surface area contributed by atoms with Crippen LogP contribution in [0.15, 0.2) is 51.8 Å². The number of hydrogen-bond donors (Lipinski definition) is 2. The van der Waals surface area contributed by atoms with Crippen LogP contribution in [-0.4, -0.2) is 45.2 Å². The van der Waals surface area contributed by atoms with Crippen LogP contribution in [0, 0.1) is 0 Å². The highest BCUT2D eigenvalue weighted by Crippen LogP contribution is 2.25. The molecule has 9 heteroatoms. The summed E-state index contributed by atoms with van der Waals surface area (Å²) in [6, 6.07) is 11.7. The zero-order valence-corrected chi connectivity index (χ0v) is 18.2. The molecule has 2 aromatic rings. The molecular weight excluding hydrogens is 446 g/mol. The molecule has 0 aliphatic heterocycles. The van der Waals surface area contributed by atoms with E-state index in [4.69, 9.17) is 0 Å². The van der Waals surface area contributed by atoms with Gasteiger partial charge in [-0.2, -0.15) is 0 Å². The SMILES string of the molecule is CCc1ccccc1NC(=O)CNC(=O)c1ccc(Br)c(S(=O)(=O)N(C)C)c1. The first kappa shape index (κ1) is 22.1. The van der Waals surface area contributed by atoms with E-state index >= 15 is 0 Å². The van der Waals surface area contributed by atoms with Gasteiger partial charge in [0, 0.05) is 29.8 Å². The van der Waals surface area contributed by atoms with Crippen molar-refractivity contribution >= 4 is 43.5 Å². The number of nitrogens with one attached hydrogen (secondary N) is 2. The van der Waals surface area contributed by atoms with Gasteiger partial charge in [0.25, 0.3) is 5.91 Å². The Kier molecular flexibility index (Phi) is 7.34. The van der Waals surface area contributed by atoms with Gasteiger partial charge in [-0.15, -0.1) is 0 Å². The van der Waals surface area contributed by atoms with Crippen LogP contribution >= 0.6 is 15.9 Å². The largest absolute Gasteiger partial charge is 0.343 e. The predicted octanol–water partition coefficient (Wildman–Crippen LogP) is 2.63. The molecule has 0 unspecified atom stereocenters. The summed E-state index contributed by atoms with van der Waals surface area (Å²) < 4.78 is 26.1. The van der Waals surface area contributed by atoms with Gasteiger partial charge in [-0.3, -0.25) is 9.59 Å². The molecule has 150 valence electrons. The fourth-order valence-electron chi connectivity index (χ4n) is 2.45. The third kappa shape index (κ3) is 5.18. The normalized spacial score (nSPS) is 11.3. The third-order valence-electron chi connectivity index (χ3n) is 4.03. The molecule has 0 fully saturated rings. The summed E-state index contributed by atoms with van der Waals surface area (Å²) in [4.78, 5) is 24.5. The van der Waals surface area contributed by atoms with Crippen molar-refractivity contribution in [2.24, 2.45) is 0 Å². The third-order valence-corrected chi connectivity index (χ3v) is 6.84. The average Bonchev–Trinajstić information content (AvgIpc) is 2.66. The van der Waals surface area contributed by atoms with Gasteiger partial charge in [-0.25, -0.2) is 12.7 Å². The summed E-state index contributed by atoms with van der Waals surface area (Å²) in [7, 11) is -0.897. The number of rotatable bonds is 7. The lowest BCUT2D eigenvalue weighted by atomic mass is 10.1. The van der Waals surface area contributed by atoms with Gasteiger partial charge in [0.05, 0.1) is 11.4 Å². The van der Waals surface area contributed by atoms with Crippen molar-refractivity contribution in [3.05, 3.63) is 58.1 Å². The molecule has 2 N–H and O–H groups in total. The van der Waals surface area contributed by atoms with Crippen molar-refractivity contribution in [1.29, 1.82) is 0 Å². The number of carbonyl (C=O) groups is 2. The van der Waals surface area contributed by atoms with Crippen LogP contribution in [0.3, 0.4) is 0 Å². The highest BCUT2D eigenvalue weighted by Gasteiger charge is 2.22. The molecule has 28 heavy (non-hydrogen) atoms. The summed E-state index contributed by atoms with van der Waals surface area (Å²) in [5.41, 5.74) is 1.84. The van der Waals surface area contributed by atoms with E-state index in [2.05, 4.69) is 26.6 Å². The first-order chi connectivity index (χ1) is 13.2. The Balaban J connectivity index is 2.08. The summed E-state index contributed by atoms with van der Waals surface area (Å²) in [5, 5.41) is 5.27. The molecule has 0 aliphatic rings. The van der Waals surface area contributed by atoms with E-state index in [0.29, 0.717) is 10.2 Å². The van der Waals surface area contributed by atoms with Crippen LogP contribution in [0.2, 0.25) is 0 Å². The number of benzene rings is 2. The van der Waals surface area contributed by atoms with Gasteiger partial charge < -0.3 is 10.6 Å². The molecular formula is C19H22BrN3O4S. The molecule has 0 heterocycles. The minimum absolute atomic E-state index is 0.0218. The molecule has 0 spiro atoms. The number of hydrogen-bond acceptors (Lipinski definition) is 4. The molecule has 2 rings (SSSR count). The van der Waals surface area contributed by atoms with Gasteiger partial charge in [-0.05, 0) is 52.2 Å². The van der Waals surface area contributed by atoms with Gasteiger partial charge >= 0.3 is 0 Å². The minimum Gasteiger partial charge on any atom is -0.343 e. The maximum absolute atomic E-state index is 12.4. The summed E-state index contributed by atoms with van der Waals surface area (Å²) >= 11 is 3.19. The standard InChI is InChI=1S/C19H22BrN3O4S/c1-4-13-7-5-6-8-16(13)22-18(24)12-21-19(25)14-9-10-15(20)17(11-14)28(26,27)23(2)3/h5-11H,4,12H2,1-3H3,(H,21,25)(H,22,24). The van der Waals surface area contributed by atoms with Gasteiger partial charge in [0.15, 0.2) is 0 Å². The summed E-state index contributed by atoms with van der Waals surface area (Å²) in [5.74, 6) is -0.908. The Morgan fingerprint density at radius 2 is 1.79 bits per heavy atom. The molecule has 7 nitrogen and oxygen atoms in total. The van der Waals surface area contributed by atoms with Crippen molar-refractivity contribution in [2.75, 3.05) is 26.0 Å². The Labute approximate surface area is 173 Å². The number of carbonyl (C=O) groups excluding carboxylic acids is 2. The zero-order chi connectivity index (χ0) is 20.9. The number of anilines is 1. The Hall–Kier alpha value is -2.23. The quantitative estimate of drug-likeness (QED) is 0.653. The first-order valence-electron chi connectivity index (χ1n) is 8.54. The molecule has 0 bridgehead atoms. The predicted molar refractivity (Wildman–Crippen MR) is 112 cm³/mol. The average molecular weight is 468 g/mol. The molecule has 0 saturated heterocycles. The molecule has 0 aromatic heterocycles.